The van der Waals surface area contributed by atoms with Gasteiger partial charge in [-0.2, -0.15) is 13.2 Å². The zero-order chi connectivity index (χ0) is 13.8. The largest absolute Gasteiger partial charge is 0.459 e. The van der Waals surface area contributed by atoms with Crippen molar-refractivity contribution >= 4 is 5.97 Å². The number of alkyl halides is 3. The van der Waals surface area contributed by atoms with Crippen molar-refractivity contribution in [1.82, 2.24) is 0 Å². The molecule has 6 heteroatoms. The van der Waals surface area contributed by atoms with Crippen LogP contribution in [0.15, 0.2) is 30.3 Å². The molecule has 0 aromatic heterocycles. The first-order valence-corrected chi connectivity index (χ1v) is 5.31. The van der Waals surface area contributed by atoms with Gasteiger partial charge in [-0.15, -0.1) is 0 Å². The molecule has 0 saturated carbocycles. The summed E-state index contributed by atoms with van der Waals surface area (Å²) in [6.45, 7) is 0.0601. The molecule has 0 aliphatic rings. The van der Waals surface area contributed by atoms with Gasteiger partial charge in [-0.05, 0) is 18.6 Å². The number of rotatable bonds is 4. The van der Waals surface area contributed by atoms with E-state index in [1.807, 2.05) is 0 Å². The maximum atomic E-state index is 12.5. The van der Waals surface area contributed by atoms with Crippen LogP contribution in [-0.4, -0.2) is 29.5 Å². The first-order valence-electron chi connectivity index (χ1n) is 5.31. The summed E-state index contributed by atoms with van der Waals surface area (Å²) in [5.41, 5.74) is -2.87. The quantitative estimate of drug-likeness (QED) is 0.848. The van der Waals surface area contributed by atoms with Gasteiger partial charge in [-0.25, -0.2) is 4.79 Å². The van der Waals surface area contributed by atoms with Gasteiger partial charge in [-0.1, -0.05) is 25.1 Å². The fourth-order valence-electron chi connectivity index (χ4n) is 1.23. The summed E-state index contributed by atoms with van der Waals surface area (Å²) < 4.78 is 42.1. The number of ether oxygens (including phenoxy) is 1. The highest BCUT2D eigenvalue weighted by molar-refractivity contribution is 5.89. The third-order valence-electron chi connectivity index (χ3n) is 2.56. The van der Waals surface area contributed by atoms with Gasteiger partial charge in [0.1, 0.15) is 6.61 Å². The predicted octanol–water partition coefficient (Wildman–Crippen LogP) is 2.55. The van der Waals surface area contributed by atoms with Crippen LogP contribution >= 0.6 is 0 Å². The van der Waals surface area contributed by atoms with Crippen molar-refractivity contribution in [2.24, 2.45) is 0 Å². The molecule has 0 aliphatic carbocycles. The van der Waals surface area contributed by atoms with Gasteiger partial charge in [0.05, 0.1) is 5.56 Å². The maximum Gasteiger partial charge on any atom is 0.420 e. The lowest BCUT2D eigenvalue weighted by atomic mass is 10.0. The molecule has 0 spiro atoms. The van der Waals surface area contributed by atoms with Crippen molar-refractivity contribution in [2.45, 2.75) is 25.1 Å². The molecular formula is C12H13F3O3. The van der Waals surface area contributed by atoms with Crippen LogP contribution in [0.3, 0.4) is 0 Å². The van der Waals surface area contributed by atoms with E-state index in [2.05, 4.69) is 4.74 Å². The van der Waals surface area contributed by atoms with E-state index in [-0.39, 0.29) is 5.56 Å². The molecule has 1 N–H and O–H groups in total. The number of benzene rings is 1. The second-order valence-electron chi connectivity index (χ2n) is 3.83. The van der Waals surface area contributed by atoms with Crippen LogP contribution in [0.25, 0.3) is 0 Å². The van der Waals surface area contributed by atoms with Gasteiger partial charge >= 0.3 is 12.1 Å². The molecule has 0 aliphatic heterocycles. The van der Waals surface area contributed by atoms with Gasteiger partial charge in [0.2, 0.25) is 0 Å². The van der Waals surface area contributed by atoms with E-state index in [9.17, 15) is 23.1 Å². The Morgan fingerprint density at radius 2 is 1.83 bits per heavy atom. The minimum Gasteiger partial charge on any atom is -0.459 e. The molecule has 18 heavy (non-hydrogen) atoms. The van der Waals surface area contributed by atoms with Crippen molar-refractivity contribution < 1.29 is 27.8 Å². The number of carbonyl (C=O) groups is 1. The third-order valence-corrected chi connectivity index (χ3v) is 2.56. The molecule has 0 fully saturated rings. The number of esters is 1. The minimum absolute atomic E-state index is 0.137. The van der Waals surface area contributed by atoms with Crippen LogP contribution in [-0.2, 0) is 4.74 Å². The Morgan fingerprint density at radius 1 is 1.28 bits per heavy atom. The molecule has 100 valence electrons. The first kappa shape index (κ1) is 14.5. The Kier molecular flexibility index (Phi) is 4.34. The van der Waals surface area contributed by atoms with E-state index in [1.54, 1.807) is 18.2 Å². The van der Waals surface area contributed by atoms with Gasteiger partial charge < -0.3 is 9.84 Å². The van der Waals surface area contributed by atoms with Crippen LogP contribution in [0.4, 0.5) is 13.2 Å². The summed E-state index contributed by atoms with van der Waals surface area (Å²) in [5, 5.41) is 9.35. The van der Waals surface area contributed by atoms with Gasteiger partial charge in [-0.3, -0.25) is 0 Å². The Bertz CT molecular complexity index is 403. The summed E-state index contributed by atoms with van der Waals surface area (Å²) in [6, 6.07) is 7.62. The lowest BCUT2D eigenvalue weighted by Gasteiger charge is -2.28. The fourth-order valence-corrected chi connectivity index (χ4v) is 1.23. The van der Waals surface area contributed by atoms with E-state index in [1.165, 1.54) is 19.1 Å². The van der Waals surface area contributed by atoms with E-state index in [0.717, 1.165) is 0 Å². The van der Waals surface area contributed by atoms with Crippen LogP contribution in [0.5, 0.6) is 0 Å². The van der Waals surface area contributed by atoms with E-state index >= 15 is 0 Å². The molecule has 1 aromatic rings. The molecule has 1 rings (SSSR count). The summed E-state index contributed by atoms with van der Waals surface area (Å²) in [5.74, 6) is -0.897. The maximum absolute atomic E-state index is 12.5. The van der Waals surface area contributed by atoms with Crippen LogP contribution in [0.1, 0.15) is 23.7 Å². The first-order chi connectivity index (χ1) is 8.30. The summed E-state index contributed by atoms with van der Waals surface area (Å²) in [7, 11) is 0. The monoisotopic (exact) mass is 262 g/mol. The normalized spacial score (nSPS) is 14.9. The Balaban J connectivity index is 2.68. The second kappa shape index (κ2) is 5.39. The van der Waals surface area contributed by atoms with Crippen LogP contribution in [0.2, 0.25) is 0 Å². The van der Waals surface area contributed by atoms with Crippen molar-refractivity contribution in [3.63, 3.8) is 0 Å². The Labute approximate surface area is 102 Å². The lowest BCUT2D eigenvalue weighted by molar-refractivity contribution is -0.271. The Hall–Kier alpha value is -1.56. The predicted molar refractivity (Wildman–Crippen MR) is 58.0 cm³/mol. The van der Waals surface area contributed by atoms with Crippen molar-refractivity contribution in [3.8, 4) is 0 Å². The highest BCUT2D eigenvalue weighted by Crippen LogP contribution is 2.33. The summed E-state index contributed by atoms with van der Waals surface area (Å²) >= 11 is 0. The lowest BCUT2D eigenvalue weighted by Crippen LogP contribution is -2.49. The van der Waals surface area contributed by atoms with Gasteiger partial charge in [0.25, 0.3) is 0 Å². The highest BCUT2D eigenvalue weighted by atomic mass is 19.4. The number of halogens is 3. The molecule has 0 bridgehead atoms. The average Bonchev–Trinajstić information content (AvgIpc) is 2.35. The van der Waals surface area contributed by atoms with Crippen molar-refractivity contribution in [3.05, 3.63) is 35.9 Å². The standard InChI is InChI=1S/C12H13F3O3/c1-2-11(17,12(13,14)15)8-18-10(16)9-6-4-3-5-7-9/h3-7,17H,2,8H2,1H3/t11-/m0/s1. The van der Waals surface area contributed by atoms with E-state index in [4.69, 9.17) is 0 Å². The van der Waals surface area contributed by atoms with Gasteiger partial charge in [0, 0.05) is 0 Å². The summed E-state index contributed by atoms with van der Waals surface area (Å²) in [4.78, 5) is 11.4. The van der Waals surface area contributed by atoms with Crippen LogP contribution in [0, 0.1) is 0 Å². The molecule has 3 nitrogen and oxygen atoms in total. The molecule has 0 saturated heterocycles. The van der Waals surface area contributed by atoms with Crippen molar-refractivity contribution in [1.29, 1.82) is 0 Å². The second-order valence-corrected chi connectivity index (χ2v) is 3.83. The molecule has 0 amide bonds. The number of carbonyl (C=O) groups excluding carboxylic acids is 1. The summed E-state index contributed by atoms with van der Waals surface area (Å²) in [6.07, 6.45) is -5.42. The molecule has 0 radical (unpaired) electrons. The fraction of sp³-hybridized carbons (Fsp3) is 0.417. The van der Waals surface area contributed by atoms with E-state index < -0.39 is 30.8 Å². The highest BCUT2D eigenvalue weighted by Gasteiger charge is 2.53. The number of aliphatic hydroxyl groups is 1. The van der Waals surface area contributed by atoms with E-state index in [0.29, 0.717) is 0 Å². The zero-order valence-corrected chi connectivity index (χ0v) is 9.70. The minimum atomic E-state index is -4.83. The molecule has 0 unspecified atom stereocenters. The molecule has 1 atom stereocenters. The molecule has 1 aromatic carbocycles. The number of hydrogen-bond acceptors (Lipinski definition) is 3. The van der Waals surface area contributed by atoms with Crippen molar-refractivity contribution in [2.75, 3.05) is 6.61 Å². The SMILES string of the molecule is CC[C@](O)(COC(=O)c1ccccc1)C(F)(F)F. The topological polar surface area (TPSA) is 46.5 Å². The van der Waals surface area contributed by atoms with Gasteiger partial charge in [0.15, 0.2) is 5.60 Å². The Morgan fingerprint density at radius 3 is 2.28 bits per heavy atom. The average molecular weight is 262 g/mol. The zero-order valence-electron chi connectivity index (χ0n) is 9.70. The number of hydrogen-bond donors (Lipinski definition) is 1. The molecule has 0 heterocycles. The van der Waals surface area contributed by atoms with Crippen LogP contribution < -0.4 is 0 Å². The third kappa shape index (κ3) is 3.22. The molecular weight excluding hydrogens is 249 g/mol. The smallest absolute Gasteiger partial charge is 0.420 e.